The molecule has 4 heteroatoms. The Balaban J connectivity index is 2.64. The number of hydrogen-bond donors (Lipinski definition) is 0. The summed E-state index contributed by atoms with van der Waals surface area (Å²) in [6.45, 7) is 0.605. The lowest BCUT2D eigenvalue weighted by molar-refractivity contribution is -0.0390. The van der Waals surface area contributed by atoms with Crippen LogP contribution in [0.2, 0.25) is 10.0 Å². The van der Waals surface area contributed by atoms with E-state index in [4.69, 9.17) is 32.7 Å². The van der Waals surface area contributed by atoms with Crippen LogP contribution in [0.3, 0.4) is 0 Å². The van der Waals surface area contributed by atoms with E-state index in [1.54, 1.807) is 25.3 Å². The lowest BCUT2D eigenvalue weighted by atomic mass is 10.2. The molecule has 1 aromatic rings. The van der Waals surface area contributed by atoms with E-state index in [0.29, 0.717) is 16.7 Å². The molecule has 13 heavy (non-hydrogen) atoms. The Labute approximate surface area is 87.4 Å². The molecular formula is C9H10Cl2O2. The van der Waals surface area contributed by atoms with Crippen molar-refractivity contribution in [2.24, 2.45) is 0 Å². The monoisotopic (exact) mass is 220 g/mol. The molecule has 0 saturated carbocycles. The van der Waals surface area contributed by atoms with Crippen molar-refractivity contribution in [3.63, 3.8) is 0 Å². The number of hydrogen-bond acceptors (Lipinski definition) is 2. The predicted octanol–water partition coefficient (Wildman–Crippen LogP) is 3.11. The highest BCUT2D eigenvalue weighted by atomic mass is 35.5. The van der Waals surface area contributed by atoms with Crippen molar-refractivity contribution < 1.29 is 9.47 Å². The van der Waals surface area contributed by atoms with Crippen molar-refractivity contribution in [3.05, 3.63) is 33.8 Å². The largest absolute Gasteiger partial charge is 0.359 e. The fourth-order valence-corrected chi connectivity index (χ4v) is 1.40. The van der Waals surface area contributed by atoms with E-state index >= 15 is 0 Å². The second-order valence-electron chi connectivity index (χ2n) is 2.46. The van der Waals surface area contributed by atoms with Gasteiger partial charge >= 0.3 is 0 Å². The Bertz CT molecular complexity index is 256. The number of halogens is 2. The molecule has 2 nitrogen and oxygen atoms in total. The quantitative estimate of drug-likeness (QED) is 0.574. The highest BCUT2D eigenvalue weighted by Gasteiger charge is 2.04. The maximum Gasteiger partial charge on any atom is 0.146 e. The summed E-state index contributed by atoms with van der Waals surface area (Å²) in [6, 6.07) is 5.35. The minimum atomic E-state index is 0.238. The maximum absolute atomic E-state index is 5.90. The molecule has 0 amide bonds. The van der Waals surface area contributed by atoms with Gasteiger partial charge in [0.1, 0.15) is 6.79 Å². The van der Waals surface area contributed by atoms with Gasteiger partial charge in [-0.2, -0.15) is 0 Å². The normalized spacial score (nSPS) is 10.4. The van der Waals surface area contributed by atoms with Gasteiger partial charge in [0, 0.05) is 22.7 Å². The Morgan fingerprint density at radius 2 is 1.85 bits per heavy atom. The van der Waals surface area contributed by atoms with Crippen LogP contribution in [0.4, 0.5) is 0 Å². The SMILES string of the molecule is COCOCc1c(Cl)cccc1Cl. The van der Waals surface area contributed by atoms with Crippen LogP contribution in [0.1, 0.15) is 5.56 Å². The molecule has 0 unspecified atom stereocenters. The minimum absolute atomic E-state index is 0.238. The molecule has 0 spiro atoms. The van der Waals surface area contributed by atoms with Crippen molar-refractivity contribution in [3.8, 4) is 0 Å². The average molecular weight is 221 g/mol. The molecular weight excluding hydrogens is 211 g/mol. The molecule has 1 rings (SSSR count). The van der Waals surface area contributed by atoms with Crippen LogP contribution >= 0.6 is 23.2 Å². The van der Waals surface area contributed by atoms with E-state index in [9.17, 15) is 0 Å². The third-order valence-electron chi connectivity index (χ3n) is 1.51. The van der Waals surface area contributed by atoms with Crippen molar-refractivity contribution in [2.75, 3.05) is 13.9 Å². The number of methoxy groups -OCH3 is 1. The Kier molecular flexibility index (Phi) is 4.53. The summed E-state index contributed by atoms with van der Waals surface area (Å²) < 4.78 is 9.87. The lowest BCUT2D eigenvalue weighted by Crippen LogP contribution is -1.98. The number of benzene rings is 1. The van der Waals surface area contributed by atoms with E-state index in [1.165, 1.54) is 0 Å². The first-order chi connectivity index (χ1) is 6.25. The van der Waals surface area contributed by atoms with Crippen LogP contribution in [-0.4, -0.2) is 13.9 Å². The topological polar surface area (TPSA) is 18.5 Å². The molecule has 0 N–H and O–H groups in total. The van der Waals surface area contributed by atoms with Crippen LogP contribution in [0.5, 0.6) is 0 Å². The van der Waals surface area contributed by atoms with Gasteiger partial charge in [0.05, 0.1) is 6.61 Å². The fourth-order valence-electron chi connectivity index (χ4n) is 0.897. The van der Waals surface area contributed by atoms with Gasteiger partial charge < -0.3 is 9.47 Å². The van der Waals surface area contributed by atoms with E-state index in [0.717, 1.165) is 5.56 Å². The fraction of sp³-hybridized carbons (Fsp3) is 0.333. The van der Waals surface area contributed by atoms with Gasteiger partial charge in [-0.15, -0.1) is 0 Å². The average Bonchev–Trinajstić information content (AvgIpc) is 2.10. The third-order valence-corrected chi connectivity index (χ3v) is 2.22. The highest BCUT2D eigenvalue weighted by molar-refractivity contribution is 6.35. The Hall–Kier alpha value is -0.280. The van der Waals surface area contributed by atoms with Crippen molar-refractivity contribution >= 4 is 23.2 Å². The van der Waals surface area contributed by atoms with Gasteiger partial charge in [-0.1, -0.05) is 29.3 Å². The molecule has 0 heterocycles. The zero-order chi connectivity index (χ0) is 9.68. The van der Waals surface area contributed by atoms with Gasteiger partial charge in [0.2, 0.25) is 0 Å². The molecule has 0 fully saturated rings. The molecule has 0 atom stereocenters. The second kappa shape index (κ2) is 5.45. The molecule has 0 bridgehead atoms. The predicted molar refractivity (Wildman–Crippen MR) is 53.1 cm³/mol. The van der Waals surface area contributed by atoms with Crippen LogP contribution < -0.4 is 0 Å². The lowest BCUT2D eigenvalue weighted by Gasteiger charge is -2.06. The van der Waals surface area contributed by atoms with Gasteiger partial charge in [-0.3, -0.25) is 0 Å². The minimum Gasteiger partial charge on any atom is -0.359 e. The molecule has 0 aliphatic heterocycles. The number of rotatable bonds is 4. The first-order valence-corrected chi connectivity index (χ1v) is 4.51. The standard InChI is InChI=1S/C9H10Cl2O2/c1-12-6-13-5-7-8(10)3-2-4-9(7)11/h2-4H,5-6H2,1H3. The van der Waals surface area contributed by atoms with Crippen LogP contribution in [-0.2, 0) is 16.1 Å². The van der Waals surface area contributed by atoms with Gasteiger partial charge in [0.15, 0.2) is 0 Å². The summed E-state index contributed by atoms with van der Waals surface area (Å²) in [7, 11) is 1.56. The summed E-state index contributed by atoms with van der Waals surface area (Å²) in [6.07, 6.45) is 0. The van der Waals surface area contributed by atoms with Gasteiger partial charge in [0.25, 0.3) is 0 Å². The molecule has 0 aliphatic rings. The molecule has 0 aliphatic carbocycles. The van der Waals surface area contributed by atoms with Gasteiger partial charge in [-0.25, -0.2) is 0 Å². The summed E-state index contributed by atoms with van der Waals surface area (Å²) in [5.74, 6) is 0. The molecule has 1 aromatic carbocycles. The van der Waals surface area contributed by atoms with Crippen LogP contribution in [0.15, 0.2) is 18.2 Å². The molecule has 0 saturated heterocycles. The van der Waals surface area contributed by atoms with E-state index in [-0.39, 0.29) is 6.79 Å². The highest BCUT2D eigenvalue weighted by Crippen LogP contribution is 2.24. The first-order valence-electron chi connectivity index (χ1n) is 3.75. The van der Waals surface area contributed by atoms with Gasteiger partial charge in [-0.05, 0) is 12.1 Å². The van der Waals surface area contributed by atoms with E-state index in [1.807, 2.05) is 0 Å². The zero-order valence-corrected chi connectivity index (χ0v) is 8.73. The maximum atomic E-state index is 5.90. The van der Waals surface area contributed by atoms with Crippen LogP contribution in [0.25, 0.3) is 0 Å². The second-order valence-corrected chi connectivity index (χ2v) is 3.27. The summed E-state index contributed by atoms with van der Waals surface area (Å²) in [4.78, 5) is 0. The summed E-state index contributed by atoms with van der Waals surface area (Å²) in [5.41, 5.74) is 0.794. The number of ether oxygens (including phenoxy) is 2. The van der Waals surface area contributed by atoms with Crippen molar-refractivity contribution in [2.45, 2.75) is 6.61 Å². The molecule has 72 valence electrons. The molecule has 0 aromatic heterocycles. The van der Waals surface area contributed by atoms with E-state index < -0.39 is 0 Å². The summed E-state index contributed by atoms with van der Waals surface area (Å²) in [5, 5.41) is 1.23. The molecule has 0 radical (unpaired) electrons. The Morgan fingerprint density at radius 1 is 1.23 bits per heavy atom. The third kappa shape index (κ3) is 3.16. The summed E-state index contributed by atoms with van der Waals surface area (Å²) >= 11 is 11.8. The Morgan fingerprint density at radius 3 is 2.38 bits per heavy atom. The van der Waals surface area contributed by atoms with Crippen molar-refractivity contribution in [1.29, 1.82) is 0 Å². The zero-order valence-electron chi connectivity index (χ0n) is 7.22. The first kappa shape index (κ1) is 10.8. The van der Waals surface area contributed by atoms with E-state index in [2.05, 4.69) is 0 Å². The van der Waals surface area contributed by atoms with Crippen molar-refractivity contribution in [1.82, 2.24) is 0 Å². The van der Waals surface area contributed by atoms with Crippen LogP contribution in [0, 0.1) is 0 Å². The smallest absolute Gasteiger partial charge is 0.146 e.